The molecule has 0 fully saturated rings. The van der Waals surface area contributed by atoms with Gasteiger partial charge in [-0.15, -0.1) is 0 Å². The Bertz CT molecular complexity index is 628. The van der Waals surface area contributed by atoms with Crippen molar-refractivity contribution in [2.45, 2.75) is 13.5 Å². The molecule has 0 saturated carbocycles. The maximum atomic E-state index is 11.8. The Morgan fingerprint density at radius 3 is 2.70 bits per heavy atom. The average molecular weight is 290 g/mol. The molecule has 0 aliphatic carbocycles. The Kier molecular flexibility index (Phi) is 4.48. The van der Waals surface area contributed by atoms with E-state index in [4.69, 9.17) is 17.3 Å². The van der Waals surface area contributed by atoms with E-state index in [1.54, 1.807) is 12.1 Å². The summed E-state index contributed by atoms with van der Waals surface area (Å²) < 4.78 is 0. The Balaban J connectivity index is 1.94. The molecular formula is C15H16ClN3O. The van der Waals surface area contributed by atoms with Crippen molar-refractivity contribution >= 4 is 29.0 Å². The summed E-state index contributed by atoms with van der Waals surface area (Å²) >= 11 is 6.02. The SMILES string of the molecule is Cc1ccc(NC(=O)NCc2ccccc2Cl)c(N)c1. The zero-order valence-electron chi connectivity index (χ0n) is 11.1. The number of nitrogens with one attached hydrogen (secondary N) is 2. The highest BCUT2D eigenvalue weighted by molar-refractivity contribution is 6.31. The number of anilines is 2. The summed E-state index contributed by atoms with van der Waals surface area (Å²) in [6.07, 6.45) is 0. The minimum absolute atomic E-state index is 0.319. The van der Waals surface area contributed by atoms with Crippen LogP contribution in [0.1, 0.15) is 11.1 Å². The molecular weight excluding hydrogens is 274 g/mol. The van der Waals surface area contributed by atoms with Gasteiger partial charge in [-0.05, 0) is 36.2 Å². The lowest BCUT2D eigenvalue weighted by atomic mass is 10.2. The lowest BCUT2D eigenvalue weighted by Gasteiger charge is -2.11. The van der Waals surface area contributed by atoms with E-state index < -0.39 is 0 Å². The van der Waals surface area contributed by atoms with Crippen LogP contribution in [0.25, 0.3) is 0 Å². The van der Waals surface area contributed by atoms with E-state index in [0.717, 1.165) is 11.1 Å². The minimum atomic E-state index is -0.319. The largest absolute Gasteiger partial charge is 0.397 e. The number of hydrogen-bond acceptors (Lipinski definition) is 2. The number of benzene rings is 2. The number of nitrogens with two attached hydrogens (primary N) is 1. The summed E-state index contributed by atoms with van der Waals surface area (Å²) in [7, 11) is 0. The fourth-order valence-corrected chi connectivity index (χ4v) is 1.98. The van der Waals surface area contributed by atoms with Crippen molar-refractivity contribution in [3.05, 3.63) is 58.6 Å². The number of amides is 2. The maximum Gasteiger partial charge on any atom is 0.319 e. The van der Waals surface area contributed by atoms with Gasteiger partial charge in [-0.2, -0.15) is 0 Å². The normalized spacial score (nSPS) is 10.1. The summed E-state index contributed by atoms with van der Waals surface area (Å²) in [5, 5.41) is 6.08. The van der Waals surface area contributed by atoms with Gasteiger partial charge < -0.3 is 16.4 Å². The number of aryl methyl sites for hydroxylation is 1. The van der Waals surface area contributed by atoms with Crippen LogP contribution in [0.5, 0.6) is 0 Å². The fraction of sp³-hybridized carbons (Fsp3) is 0.133. The quantitative estimate of drug-likeness (QED) is 0.756. The van der Waals surface area contributed by atoms with Gasteiger partial charge in [-0.1, -0.05) is 35.9 Å². The molecule has 0 unspecified atom stereocenters. The zero-order chi connectivity index (χ0) is 14.5. The molecule has 0 saturated heterocycles. The molecule has 4 N–H and O–H groups in total. The van der Waals surface area contributed by atoms with Crippen LogP contribution >= 0.6 is 11.6 Å². The molecule has 4 nitrogen and oxygen atoms in total. The molecule has 20 heavy (non-hydrogen) atoms. The van der Waals surface area contributed by atoms with Crippen molar-refractivity contribution in [1.82, 2.24) is 5.32 Å². The van der Waals surface area contributed by atoms with Crippen molar-refractivity contribution in [3.63, 3.8) is 0 Å². The van der Waals surface area contributed by atoms with Crippen LogP contribution < -0.4 is 16.4 Å². The van der Waals surface area contributed by atoms with Crippen molar-refractivity contribution in [2.75, 3.05) is 11.1 Å². The molecule has 2 amide bonds. The average Bonchev–Trinajstić information content (AvgIpc) is 2.41. The fourth-order valence-electron chi connectivity index (χ4n) is 1.78. The molecule has 0 heterocycles. The van der Waals surface area contributed by atoms with Crippen LogP contribution in [0, 0.1) is 6.92 Å². The molecule has 0 bridgehead atoms. The minimum Gasteiger partial charge on any atom is -0.397 e. The van der Waals surface area contributed by atoms with Crippen molar-refractivity contribution in [2.24, 2.45) is 0 Å². The van der Waals surface area contributed by atoms with Crippen molar-refractivity contribution < 1.29 is 4.79 Å². The molecule has 104 valence electrons. The van der Waals surface area contributed by atoms with E-state index in [1.165, 1.54) is 0 Å². The number of hydrogen-bond donors (Lipinski definition) is 3. The lowest BCUT2D eigenvalue weighted by Crippen LogP contribution is -2.28. The Labute approximate surface area is 122 Å². The van der Waals surface area contributed by atoms with E-state index in [9.17, 15) is 4.79 Å². The van der Waals surface area contributed by atoms with Crippen LogP contribution in [0.2, 0.25) is 5.02 Å². The summed E-state index contributed by atoms with van der Waals surface area (Å²) in [4.78, 5) is 11.8. The van der Waals surface area contributed by atoms with Gasteiger partial charge in [0.2, 0.25) is 0 Å². The van der Waals surface area contributed by atoms with Crippen LogP contribution in [0.3, 0.4) is 0 Å². The number of urea groups is 1. The number of rotatable bonds is 3. The molecule has 5 heteroatoms. The number of nitrogen functional groups attached to an aromatic ring is 1. The first-order valence-electron chi connectivity index (χ1n) is 6.20. The molecule has 2 rings (SSSR count). The Morgan fingerprint density at radius 1 is 1.25 bits per heavy atom. The molecule has 0 aliphatic rings. The maximum absolute atomic E-state index is 11.8. The number of halogens is 1. The first kappa shape index (κ1) is 14.2. The van der Waals surface area contributed by atoms with Gasteiger partial charge >= 0.3 is 6.03 Å². The molecule has 0 spiro atoms. The van der Waals surface area contributed by atoms with Gasteiger partial charge in [-0.25, -0.2) is 4.79 Å². The second kappa shape index (κ2) is 6.30. The molecule has 0 aromatic heterocycles. The summed E-state index contributed by atoms with van der Waals surface area (Å²) in [5.74, 6) is 0. The molecule has 2 aromatic rings. The van der Waals surface area contributed by atoms with Gasteiger partial charge in [0.25, 0.3) is 0 Å². The monoisotopic (exact) mass is 289 g/mol. The number of carbonyl (C=O) groups is 1. The predicted octanol–water partition coefficient (Wildman–Crippen LogP) is 3.55. The lowest BCUT2D eigenvalue weighted by molar-refractivity contribution is 0.252. The highest BCUT2D eigenvalue weighted by Crippen LogP contribution is 2.19. The first-order valence-corrected chi connectivity index (χ1v) is 6.58. The van der Waals surface area contributed by atoms with Crippen LogP contribution in [0.15, 0.2) is 42.5 Å². The smallest absolute Gasteiger partial charge is 0.319 e. The summed E-state index contributed by atoms with van der Waals surface area (Å²) in [6.45, 7) is 2.30. The van der Waals surface area contributed by atoms with Crippen LogP contribution in [0.4, 0.5) is 16.2 Å². The topological polar surface area (TPSA) is 67.2 Å². The van der Waals surface area contributed by atoms with Gasteiger partial charge in [0.05, 0.1) is 11.4 Å². The van der Waals surface area contributed by atoms with E-state index >= 15 is 0 Å². The molecule has 2 aromatic carbocycles. The third kappa shape index (κ3) is 3.65. The van der Waals surface area contributed by atoms with E-state index in [-0.39, 0.29) is 6.03 Å². The van der Waals surface area contributed by atoms with Gasteiger partial charge in [-0.3, -0.25) is 0 Å². The highest BCUT2D eigenvalue weighted by atomic mass is 35.5. The molecule has 0 aliphatic heterocycles. The molecule has 0 radical (unpaired) electrons. The van der Waals surface area contributed by atoms with E-state index in [0.29, 0.717) is 22.9 Å². The third-order valence-corrected chi connectivity index (χ3v) is 3.22. The van der Waals surface area contributed by atoms with Crippen molar-refractivity contribution in [1.29, 1.82) is 0 Å². The van der Waals surface area contributed by atoms with Crippen LogP contribution in [-0.4, -0.2) is 6.03 Å². The van der Waals surface area contributed by atoms with Gasteiger partial charge in [0, 0.05) is 11.6 Å². The van der Waals surface area contributed by atoms with Gasteiger partial charge in [0.1, 0.15) is 0 Å². The standard InChI is InChI=1S/C15H16ClN3O/c1-10-6-7-14(13(17)8-10)19-15(20)18-9-11-4-2-3-5-12(11)16/h2-8H,9,17H2,1H3,(H2,18,19,20). The zero-order valence-corrected chi connectivity index (χ0v) is 11.9. The van der Waals surface area contributed by atoms with Crippen molar-refractivity contribution in [3.8, 4) is 0 Å². The predicted molar refractivity (Wildman–Crippen MR) is 82.9 cm³/mol. The van der Waals surface area contributed by atoms with E-state index in [2.05, 4.69) is 10.6 Å². The summed E-state index contributed by atoms with van der Waals surface area (Å²) in [6, 6.07) is 12.5. The second-order valence-electron chi connectivity index (χ2n) is 4.49. The highest BCUT2D eigenvalue weighted by Gasteiger charge is 2.06. The van der Waals surface area contributed by atoms with E-state index in [1.807, 2.05) is 37.3 Å². The Hall–Kier alpha value is -2.20. The third-order valence-electron chi connectivity index (χ3n) is 2.85. The summed E-state index contributed by atoms with van der Waals surface area (Å²) in [5.41, 5.74) is 8.88. The van der Waals surface area contributed by atoms with Crippen LogP contribution in [-0.2, 0) is 6.54 Å². The Morgan fingerprint density at radius 2 is 2.00 bits per heavy atom. The molecule has 0 atom stereocenters. The first-order chi connectivity index (χ1) is 9.56. The van der Waals surface area contributed by atoms with Gasteiger partial charge in [0.15, 0.2) is 0 Å². The second-order valence-corrected chi connectivity index (χ2v) is 4.90. The number of carbonyl (C=O) groups excluding carboxylic acids is 1.